The number of nitrogens with two attached hydrogens (primary N) is 1. The van der Waals surface area contributed by atoms with Crippen molar-refractivity contribution in [3.8, 4) is 16.5 Å². The number of halogens is 2. The van der Waals surface area contributed by atoms with E-state index in [1.807, 2.05) is 42.5 Å². The van der Waals surface area contributed by atoms with Crippen molar-refractivity contribution < 1.29 is 9.15 Å². The average molecular weight is 541 g/mol. The van der Waals surface area contributed by atoms with Gasteiger partial charge in [0.25, 0.3) is 0 Å². The van der Waals surface area contributed by atoms with E-state index in [2.05, 4.69) is 15.3 Å². The number of aromatic nitrogens is 1. The minimum Gasteiger partial charge on any atom is -0.495 e. The van der Waals surface area contributed by atoms with E-state index in [0.29, 0.717) is 23.1 Å². The third-order valence-corrected chi connectivity index (χ3v) is 5.34. The highest BCUT2D eigenvalue weighted by atomic mass is 127. The molecular weight excluding hydrogens is 523 g/mol. The van der Waals surface area contributed by atoms with Gasteiger partial charge in [-0.1, -0.05) is 23.7 Å². The first-order chi connectivity index (χ1) is 13.6. The Balaban J connectivity index is 0.00000240. The van der Waals surface area contributed by atoms with E-state index in [9.17, 15) is 0 Å². The number of anilines is 1. The molecular formula is C20H18ClIN4O2S. The van der Waals surface area contributed by atoms with Crippen molar-refractivity contribution in [1.82, 2.24) is 4.98 Å². The maximum atomic E-state index is 6.11. The Hall–Kier alpha value is -2.30. The van der Waals surface area contributed by atoms with E-state index in [1.54, 1.807) is 30.6 Å². The monoisotopic (exact) mass is 540 g/mol. The summed E-state index contributed by atoms with van der Waals surface area (Å²) < 4.78 is 12.1. The van der Waals surface area contributed by atoms with Gasteiger partial charge < -0.3 is 20.2 Å². The molecule has 0 aliphatic rings. The summed E-state index contributed by atoms with van der Waals surface area (Å²) in [5.74, 6) is 2.28. The first kappa shape index (κ1) is 21.4. The number of nitrogens with zero attached hydrogens (tertiary/aromatic N) is 2. The number of nitrogens with one attached hydrogen (secondary N) is 1. The van der Waals surface area contributed by atoms with Crippen molar-refractivity contribution >= 4 is 68.8 Å². The van der Waals surface area contributed by atoms with Crippen LogP contribution in [0.4, 0.5) is 5.69 Å². The van der Waals surface area contributed by atoms with Crippen molar-refractivity contribution in [2.45, 2.75) is 6.54 Å². The van der Waals surface area contributed by atoms with Gasteiger partial charge >= 0.3 is 0 Å². The molecule has 6 nitrogen and oxygen atoms in total. The average Bonchev–Trinajstić information content (AvgIpc) is 3.33. The second kappa shape index (κ2) is 9.47. The van der Waals surface area contributed by atoms with Crippen LogP contribution in [0.3, 0.4) is 0 Å². The normalized spacial score (nSPS) is 11.3. The van der Waals surface area contributed by atoms with Crippen LogP contribution in [0.5, 0.6) is 5.75 Å². The number of hydrogen-bond acceptors (Lipinski definition) is 5. The maximum absolute atomic E-state index is 6.11. The van der Waals surface area contributed by atoms with Crippen LogP contribution in [0.2, 0.25) is 5.02 Å². The molecule has 2 aromatic carbocycles. The van der Waals surface area contributed by atoms with Gasteiger partial charge in [-0.05, 0) is 42.5 Å². The summed E-state index contributed by atoms with van der Waals surface area (Å²) in [5, 5.41) is 4.33. The lowest BCUT2D eigenvalue weighted by atomic mass is 10.3. The van der Waals surface area contributed by atoms with Crippen LogP contribution in [0.1, 0.15) is 5.76 Å². The van der Waals surface area contributed by atoms with Crippen LogP contribution in [0.25, 0.3) is 21.0 Å². The van der Waals surface area contributed by atoms with Crippen molar-refractivity contribution in [3.63, 3.8) is 0 Å². The summed E-state index contributed by atoms with van der Waals surface area (Å²) in [5.41, 5.74) is 7.64. The second-order valence-electron chi connectivity index (χ2n) is 5.93. The fraction of sp³-hybridized carbons (Fsp3) is 0.100. The van der Waals surface area contributed by atoms with Gasteiger partial charge in [0.2, 0.25) is 0 Å². The molecule has 0 unspecified atom stereocenters. The lowest BCUT2D eigenvalue weighted by Gasteiger charge is -2.08. The first-order valence-electron chi connectivity index (χ1n) is 8.47. The summed E-state index contributed by atoms with van der Waals surface area (Å²) in [4.78, 5) is 8.91. The smallest absolute Gasteiger partial charge is 0.193 e. The summed E-state index contributed by atoms with van der Waals surface area (Å²) in [7, 11) is 1.57. The minimum absolute atomic E-state index is 0. The van der Waals surface area contributed by atoms with Crippen molar-refractivity contribution in [2.24, 2.45) is 10.7 Å². The minimum atomic E-state index is 0. The molecule has 0 aliphatic heterocycles. The number of furan rings is 1. The van der Waals surface area contributed by atoms with E-state index >= 15 is 0 Å². The number of para-hydroxylation sites is 1. The number of benzene rings is 2. The number of guanidine groups is 1. The van der Waals surface area contributed by atoms with E-state index in [4.69, 9.17) is 26.5 Å². The molecule has 0 atom stereocenters. The molecule has 0 aliphatic carbocycles. The Morgan fingerprint density at radius 2 is 2.07 bits per heavy atom. The van der Waals surface area contributed by atoms with Crippen molar-refractivity contribution in [1.29, 1.82) is 0 Å². The molecule has 4 rings (SSSR count). The zero-order valence-electron chi connectivity index (χ0n) is 15.4. The van der Waals surface area contributed by atoms with Gasteiger partial charge in [-0.2, -0.15) is 0 Å². The van der Waals surface area contributed by atoms with Gasteiger partial charge in [0.05, 0.1) is 22.3 Å². The topological polar surface area (TPSA) is 85.7 Å². The molecule has 0 bridgehead atoms. The van der Waals surface area contributed by atoms with E-state index in [1.165, 1.54) is 0 Å². The number of methoxy groups -OCH3 is 1. The highest BCUT2D eigenvalue weighted by molar-refractivity contribution is 14.0. The molecule has 2 heterocycles. The molecule has 2 aromatic heterocycles. The predicted molar refractivity (Wildman–Crippen MR) is 130 cm³/mol. The molecule has 0 spiro atoms. The SMILES string of the molecule is COc1ccc(NC(N)=NCc2ccc(-c3nc4ccccc4s3)o2)cc1Cl.I. The Kier molecular flexibility index (Phi) is 6.99. The Bertz CT molecular complexity index is 1130. The lowest BCUT2D eigenvalue weighted by Crippen LogP contribution is -2.22. The van der Waals surface area contributed by atoms with Crippen molar-refractivity contribution in [2.75, 3.05) is 12.4 Å². The molecule has 0 radical (unpaired) electrons. The number of rotatable bonds is 5. The fourth-order valence-corrected chi connectivity index (χ4v) is 3.84. The van der Waals surface area contributed by atoms with Crippen molar-refractivity contribution in [3.05, 3.63) is 65.4 Å². The summed E-state index contributed by atoms with van der Waals surface area (Å²) >= 11 is 7.70. The number of hydrogen-bond donors (Lipinski definition) is 2. The quantitative estimate of drug-likeness (QED) is 0.191. The summed E-state index contributed by atoms with van der Waals surface area (Å²) in [6.07, 6.45) is 0. The Morgan fingerprint density at radius 1 is 1.24 bits per heavy atom. The molecule has 0 fully saturated rings. The van der Waals surface area contributed by atoms with Crippen LogP contribution in [-0.4, -0.2) is 18.1 Å². The zero-order chi connectivity index (χ0) is 19.5. The molecule has 29 heavy (non-hydrogen) atoms. The largest absolute Gasteiger partial charge is 0.495 e. The number of fused-ring (bicyclic) bond motifs is 1. The third-order valence-electron chi connectivity index (χ3n) is 4.00. The summed E-state index contributed by atoms with van der Waals surface area (Å²) in [6, 6.07) is 17.1. The summed E-state index contributed by atoms with van der Waals surface area (Å²) in [6.45, 7) is 0.313. The highest BCUT2D eigenvalue weighted by Gasteiger charge is 2.10. The Labute approximate surface area is 193 Å². The van der Waals surface area contributed by atoms with E-state index in [-0.39, 0.29) is 29.9 Å². The van der Waals surface area contributed by atoms with Gasteiger partial charge in [-0.25, -0.2) is 9.98 Å². The van der Waals surface area contributed by atoms with Crippen LogP contribution in [0, 0.1) is 0 Å². The molecule has 0 saturated carbocycles. The van der Waals surface area contributed by atoms with Crippen LogP contribution >= 0.6 is 46.9 Å². The predicted octanol–water partition coefficient (Wildman–Crippen LogP) is 5.76. The molecule has 4 aromatic rings. The Morgan fingerprint density at radius 3 is 2.83 bits per heavy atom. The van der Waals surface area contributed by atoms with E-state index in [0.717, 1.165) is 26.7 Å². The fourth-order valence-electron chi connectivity index (χ4n) is 2.65. The standard InChI is InChI=1S/C20H17ClN4O2S.HI/c1-26-16-8-6-12(10-14(16)21)24-20(22)23-11-13-7-9-17(27-13)19-25-15-4-2-3-5-18(15)28-19;/h2-10H,11H2,1H3,(H3,22,23,24);1H. The molecule has 150 valence electrons. The second-order valence-corrected chi connectivity index (χ2v) is 7.37. The highest BCUT2D eigenvalue weighted by Crippen LogP contribution is 2.31. The maximum Gasteiger partial charge on any atom is 0.193 e. The molecule has 0 amide bonds. The first-order valence-corrected chi connectivity index (χ1v) is 9.67. The number of thiazole rings is 1. The molecule has 9 heteroatoms. The van der Waals surface area contributed by atoms with Gasteiger partial charge in [0, 0.05) is 5.69 Å². The van der Waals surface area contributed by atoms with Gasteiger partial charge in [0.1, 0.15) is 18.1 Å². The number of ether oxygens (including phenoxy) is 1. The van der Waals surface area contributed by atoms with E-state index < -0.39 is 0 Å². The molecule has 3 N–H and O–H groups in total. The van der Waals surface area contributed by atoms with Gasteiger partial charge in [-0.3, -0.25) is 0 Å². The zero-order valence-corrected chi connectivity index (χ0v) is 19.3. The van der Waals surface area contributed by atoms with Crippen LogP contribution in [-0.2, 0) is 6.54 Å². The number of aliphatic imine (C=N–C) groups is 1. The third kappa shape index (κ3) is 5.01. The van der Waals surface area contributed by atoms with Crippen LogP contribution in [0.15, 0.2) is 64.0 Å². The molecule has 0 saturated heterocycles. The lowest BCUT2D eigenvalue weighted by molar-refractivity contribution is 0.415. The van der Waals surface area contributed by atoms with Crippen LogP contribution < -0.4 is 15.8 Å². The van der Waals surface area contributed by atoms with Gasteiger partial charge in [-0.15, -0.1) is 35.3 Å². The van der Waals surface area contributed by atoms with Gasteiger partial charge in [0.15, 0.2) is 16.7 Å².